The molecule has 126 valence electrons. The summed E-state index contributed by atoms with van der Waals surface area (Å²) in [5, 5.41) is 6.54. The standard InChI is InChI=1S/C19H18F2O2S/c1-19(20,21)24-23-16-10-11-18-14(12-16)4-2-3-5-17(18)13-6-8-15(22)9-7-13/h5-12,22H,2-4H2,1H3. The van der Waals surface area contributed by atoms with Crippen LogP contribution in [0.3, 0.4) is 0 Å². The van der Waals surface area contributed by atoms with Crippen LogP contribution in [0, 0.1) is 0 Å². The Kier molecular flexibility index (Phi) is 4.81. The summed E-state index contributed by atoms with van der Waals surface area (Å²) < 4.78 is 31.0. The number of phenols is 1. The number of benzene rings is 2. The molecule has 0 heterocycles. The Morgan fingerprint density at radius 1 is 1.12 bits per heavy atom. The minimum atomic E-state index is -2.93. The van der Waals surface area contributed by atoms with E-state index in [2.05, 4.69) is 6.08 Å². The van der Waals surface area contributed by atoms with Crippen LogP contribution in [0.15, 0.2) is 48.5 Å². The van der Waals surface area contributed by atoms with Crippen LogP contribution < -0.4 is 4.18 Å². The average molecular weight is 348 g/mol. The van der Waals surface area contributed by atoms with E-state index in [1.807, 2.05) is 24.3 Å². The monoisotopic (exact) mass is 348 g/mol. The molecule has 0 amide bonds. The Morgan fingerprint density at radius 3 is 2.58 bits per heavy atom. The van der Waals surface area contributed by atoms with Gasteiger partial charge in [0.1, 0.15) is 23.5 Å². The highest BCUT2D eigenvalue weighted by molar-refractivity contribution is 7.96. The smallest absolute Gasteiger partial charge is 0.325 e. The first-order chi connectivity index (χ1) is 11.4. The van der Waals surface area contributed by atoms with Crippen LogP contribution in [-0.2, 0) is 6.42 Å². The van der Waals surface area contributed by atoms with Crippen LogP contribution in [0.2, 0.25) is 0 Å². The minimum absolute atomic E-state index is 0.166. The van der Waals surface area contributed by atoms with E-state index >= 15 is 0 Å². The molecule has 0 radical (unpaired) electrons. The summed E-state index contributed by atoms with van der Waals surface area (Å²) in [7, 11) is 0. The number of alkyl halides is 2. The third-order valence-electron chi connectivity index (χ3n) is 3.83. The van der Waals surface area contributed by atoms with Gasteiger partial charge in [0, 0.05) is 6.92 Å². The number of fused-ring (bicyclic) bond motifs is 1. The van der Waals surface area contributed by atoms with E-state index < -0.39 is 5.25 Å². The van der Waals surface area contributed by atoms with Crippen LogP contribution >= 0.6 is 12.0 Å². The van der Waals surface area contributed by atoms with Gasteiger partial charge in [-0.25, -0.2) is 0 Å². The fourth-order valence-electron chi connectivity index (χ4n) is 2.78. The van der Waals surface area contributed by atoms with Crippen molar-refractivity contribution in [3.63, 3.8) is 0 Å². The molecule has 0 aliphatic heterocycles. The molecule has 2 nitrogen and oxygen atoms in total. The zero-order valence-electron chi connectivity index (χ0n) is 13.3. The molecule has 2 aromatic rings. The Labute approximate surface area is 144 Å². The lowest BCUT2D eigenvalue weighted by Crippen LogP contribution is -2.05. The zero-order valence-corrected chi connectivity index (χ0v) is 14.1. The van der Waals surface area contributed by atoms with E-state index in [-0.39, 0.29) is 17.8 Å². The molecule has 0 saturated heterocycles. The second-order valence-corrected chi connectivity index (χ2v) is 6.90. The van der Waals surface area contributed by atoms with Crippen LogP contribution in [0.25, 0.3) is 5.57 Å². The Bertz CT molecular complexity index is 749. The van der Waals surface area contributed by atoms with E-state index in [9.17, 15) is 13.9 Å². The topological polar surface area (TPSA) is 29.5 Å². The van der Waals surface area contributed by atoms with Gasteiger partial charge in [0.2, 0.25) is 0 Å². The largest absolute Gasteiger partial charge is 0.508 e. The maximum absolute atomic E-state index is 12.9. The minimum Gasteiger partial charge on any atom is -0.508 e. The van der Waals surface area contributed by atoms with Crippen LogP contribution in [0.5, 0.6) is 11.5 Å². The Hall–Kier alpha value is -2.01. The van der Waals surface area contributed by atoms with Crippen molar-refractivity contribution in [3.05, 3.63) is 65.2 Å². The Morgan fingerprint density at radius 2 is 1.88 bits per heavy atom. The molecule has 3 rings (SSSR count). The van der Waals surface area contributed by atoms with E-state index in [0.29, 0.717) is 5.75 Å². The highest BCUT2D eigenvalue weighted by Gasteiger charge is 2.24. The normalized spacial score (nSPS) is 14.5. The SMILES string of the molecule is CC(F)(F)SOc1ccc2c(c1)CCCC=C2c1ccc(O)cc1. The number of halogens is 2. The fourth-order valence-corrected chi connectivity index (χ4v) is 3.12. The molecule has 1 aliphatic carbocycles. The van der Waals surface area contributed by atoms with Gasteiger partial charge in [0.05, 0.1) is 0 Å². The Balaban J connectivity index is 1.91. The highest BCUT2D eigenvalue weighted by Crippen LogP contribution is 2.36. The second kappa shape index (κ2) is 6.85. The number of aromatic hydroxyl groups is 1. The molecule has 24 heavy (non-hydrogen) atoms. The quantitative estimate of drug-likeness (QED) is 0.708. The zero-order chi connectivity index (χ0) is 17.2. The molecule has 0 saturated carbocycles. The van der Waals surface area contributed by atoms with E-state index in [0.717, 1.165) is 48.4 Å². The van der Waals surface area contributed by atoms with Gasteiger partial charge < -0.3 is 9.29 Å². The van der Waals surface area contributed by atoms with Crippen molar-refractivity contribution < 1.29 is 18.1 Å². The summed E-state index contributed by atoms with van der Waals surface area (Å²) in [6.07, 6.45) is 5.00. The first-order valence-corrected chi connectivity index (χ1v) is 8.53. The lowest BCUT2D eigenvalue weighted by atomic mass is 9.93. The number of allylic oxidation sites excluding steroid dienone is 1. The van der Waals surface area contributed by atoms with E-state index in [1.54, 1.807) is 18.2 Å². The maximum atomic E-state index is 12.9. The molecule has 1 aliphatic rings. The average Bonchev–Trinajstić information content (AvgIpc) is 2.75. The van der Waals surface area contributed by atoms with Crippen LogP contribution in [0.1, 0.15) is 36.5 Å². The van der Waals surface area contributed by atoms with Gasteiger partial charge in [0.15, 0.2) is 0 Å². The molecule has 0 fully saturated rings. The van der Waals surface area contributed by atoms with Crippen molar-refractivity contribution in [1.29, 1.82) is 0 Å². The van der Waals surface area contributed by atoms with Crippen molar-refractivity contribution in [2.45, 2.75) is 31.4 Å². The molecule has 2 aromatic carbocycles. The van der Waals surface area contributed by atoms with Gasteiger partial charge in [-0.3, -0.25) is 0 Å². The second-order valence-electron chi connectivity index (χ2n) is 5.85. The van der Waals surface area contributed by atoms with Gasteiger partial charge in [-0.2, -0.15) is 8.78 Å². The number of rotatable bonds is 4. The summed E-state index contributed by atoms with van der Waals surface area (Å²) in [5.74, 6) is 0.668. The molecule has 0 bridgehead atoms. The molecule has 1 N–H and O–H groups in total. The predicted octanol–water partition coefficient (Wildman–Crippen LogP) is 5.80. The third-order valence-corrected chi connectivity index (χ3v) is 4.40. The summed E-state index contributed by atoms with van der Waals surface area (Å²) in [6.45, 7) is 0.812. The fraction of sp³-hybridized carbons (Fsp3) is 0.263. The van der Waals surface area contributed by atoms with Crippen LogP contribution in [0.4, 0.5) is 8.78 Å². The lowest BCUT2D eigenvalue weighted by Gasteiger charge is -2.14. The maximum Gasteiger partial charge on any atom is 0.325 e. The van der Waals surface area contributed by atoms with Crippen molar-refractivity contribution in [2.75, 3.05) is 0 Å². The summed E-state index contributed by atoms with van der Waals surface area (Å²) in [5.41, 5.74) is 4.30. The van der Waals surface area contributed by atoms with Crippen molar-refractivity contribution in [1.82, 2.24) is 0 Å². The van der Waals surface area contributed by atoms with Gasteiger partial charge >= 0.3 is 5.25 Å². The highest BCUT2D eigenvalue weighted by atomic mass is 32.2. The molecular formula is C19H18F2O2S. The summed E-state index contributed by atoms with van der Waals surface area (Å²) in [4.78, 5) is 0. The van der Waals surface area contributed by atoms with Gasteiger partial charge in [-0.1, -0.05) is 24.3 Å². The molecule has 0 spiro atoms. The van der Waals surface area contributed by atoms with E-state index in [1.165, 1.54) is 0 Å². The van der Waals surface area contributed by atoms with Gasteiger partial charge in [-0.15, -0.1) is 0 Å². The predicted molar refractivity (Wildman–Crippen MR) is 93.4 cm³/mol. The lowest BCUT2D eigenvalue weighted by molar-refractivity contribution is 0.123. The van der Waals surface area contributed by atoms with Gasteiger partial charge in [-0.05, 0) is 65.8 Å². The van der Waals surface area contributed by atoms with Crippen LogP contribution in [-0.4, -0.2) is 10.4 Å². The third kappa shape index (κ3) is 4.09. The van der Waals surface area contributed by atoms with Crippen molar-refractivity contribution >= 4 is 17.6 Å². The summed E-state index contributed by atoms with van der Waals surface area (Å²) >= 11 is 0.166. The molecule has 0 aromatic heterocycles. The van der Waals surface area contributed by atoms with E-state index in [4.69, 9.17) is 4.18 Å². The van der Waals surface area contributed by atoms with Crippen molar-refractivity contribution in [3.8, 4) is 11.5 Å². The molecular weight excluding hydrogens is 330 g/mol. The number of phenolic OH excluding ortho intramolecular Hbond substituents is 1. The molecule has 5 heteroatoms. The number of aryl methyl sites for hydroxylation is 1. The number of hydrogen-bond donors (Lipinski definition) is 1. The van der Waals surface area contributed by atoms with Crippen molar-refractivity contribution in [2.24, 2.45) is 0 Å². The first kappa shape index (κ1) is 16.8. The molecule has 0 unspecified atom stereocenters. The first-order valence-electron chi connectivity index (χ1n) is 7.79. The molecule has 0 atom stereocenters. The summed E-state index contributed by atoms with van der Waals surface area (Å²) in [6, 6.07) is 12.6. The van der Waals surface area contributed by atoms with Gasteiger partial charge in [0.25, 0.3) is 0 Å². The number of hydrogen-bond acceptors (Lipinski definition) is 3.